The zero-order valence-corrected chi connectivity index (χ0v) is 10.3. The number of anilines is 1. The van der Waals surface area contributed by atoms with Gasteiger partial charge in [-0.2, -0.15) is 0 Å². The minimum absolute atomic E-state index is 0.00526. The summed E-state index contributed by atoms with van der Waals surface area (Å²) in [6, 6.07) is 3.36. The van der Waals surface area contributed by atoms with E-state index in [1.54, 1.807) is 17.0 Å². The number of amides is 1. The van der Waals surface area contributed by atoms with Gasteiger partial charge in [0, 0.05) is 24.0 Å². The fourth-order valence-electron chi connectivity index (χ4n) is 1.81. The Bertz CT molecular complexity index is 448. The SMILES string of the molecule is Cc1cc(Cl)c(N2CC(N)CC2=O)cc1Cl. The second kappa shape index (κ2) is 4.24. The van der Waals surface area contributed by atoms with Gasteiger partial charge in [0.15, 0.2) is 0 Å². The highest BCUT2D eigenvalue weighted by Crippen LogP contribution is 2.33. The number of nitrogens with two attached hydrogens (primary N) is 1. The van der Waals surface area contributed by atoms with Gasteiger partial charge < -0.3 is 10.6 Å². The molecule has 5 heteroatoms. The van der Waals surface area contributed by atoms with Gasteiger partial charge in [-0.05, 0) is 24.6 Å². The molecule has 0 radical (unpaired) electrons. The lowest BCUT2D eigenvalue weighted by molar-refractivity contribution is -0.117. The minimum atomic E-state index is -0.122. The number of rotatable bonds is 1. The summed E-state index contributed by atoms with van der Waals surface area (Å²) in [5.41, 5.74) is 7.28. The lowest BCUT2D eigenvalue weighted by atomic mass is 10.2. The largest absolute Gasteiger partial charge is 0.326 e. The molecule has 1 unspecified atom stereocenters. The lowest BCUT2D eigenvalue weighted by Crippen LogP contribution is -2.28. The average Bonchev–Trinajstić information content (AvgIpc) is 2.51. The van der Waals surface area contributed by atoms with Crippen molar-refractivity contribution >= 4 is 34.8 Å². The summed E-state index contributed by atoms with van der Waals surface area (Å²) < 4.78 is 0. The van der Waals surface area contributed by atoms with Crippen LogP contribution < -0.4 is 10.6 Å². The van der Waals surface area contributed by atoms with Crippen molar-refractivity contribution in [3.63, 3.8) is 0 Å². The lowest BCUT2D eigenvalue weighted by Gasteiger charge is -2.18. The molecule has 1 fully saturated rings. The summed E-state index contributed by atoms with van der Waals surface area (Å²) in [7, 11) is 0. The monoisotopic (exact) mass is 258 g/mol. The third-order valence-corrected chi connectivity index (χ3v) is 3.38. The molecule has 0 bridgehead atoms. The molecule has 0 saturated carbocycles. The van der Waals surface area contributed by atoms with Crippen LogP contribution in [0, 0.1) is 6.92 Å². The molecular weight excluding hydrogens is 247 g/mol. The van der Waals surface area contributed by atoms with Crippen LogP contribution in [0.5, 0.6) is 0 Å². The fourth-order valence-corrected chi connectivity index (χ4v) is 2.29. The Balaban J connectivity index is 2.41. The summed E-state index contributed by atoms with van der Waals surface area (Å²) in [4.78, 5) is 13.3. The maximum atomic E-state index is 11.7. The highest BCUT2D eigenvalue weighted by molar-refractivity contribution is 6.36. The number of hydrogen-bond acceptors (Lipinski definition) is 2. The van der Waals surface area contributed by atoms with Crippen molar-refractivity contribution in [3.05, 3.63) is 27.7 Å². The summed E-state index contributed by atoms with van der Waals surface area (Å²) in [5.74, 6) is -0.00526. The van der Waals surface area contributed by atoms with Gasteiger partial charge in [-0.3, -0.25) is 4.79 Å². The van der Waals surface area contributed by atoms with E-state index < -0.39 is 0 Å². The molecule has 3 nitrogen and oxygen atoms in total. The summed E-state index contributed by atoms with van der Waals surface area (Å²) in [6.45, 7) is 2.37. The van der Waals surface area contributed by atoms with Crippen LogP contribution in [0.15, 0.2) is 12.1 Å². The highest BCUT2D eigenvalue weighted by atomic mass is 35.5. The first-order chi connectivity index (χ1) is 7.49. The maximum Gasteiger partial charge on any atom is 0.228 e. The highest BCUT2D eigenvalue weighted by Gasteiger charge is 2.29. The number of aryl methyl sites for hydroxylation is 1. The molecule has 1 atom stereocenters. The predicted molar refractivity (Wildman–Crippen MR) is 66.1 cm³/mol. The summed E-state index contributed by atoms with van der Waals surface area (Å²) in [5, 5.41) is 1.14. The van der Waals surface area contributed by atoms with E-state index in [1.165, 1.54) is 0 Å². The van der Waals surface area contributed by atoms with Crippen molar-refractivity contribution in [1.82, 2.24) is 0 Å². The number of carbonyl (C=O) groups is 1. The van der Waals surface area contributed by atoms with Gasteiger partial charge in [-0.25, -0.2) is 0 Å². The van der Waals surface area contributed by atoms with E-state index in [4.69, 9.17) is 28.9 Å². The molecule has 1 saturated heterocycles. The molecular formula is C11H12Cl2N2O. The molecule has 1 aliphatic heterocycles. The molecule has 86 valence electrons. The quantitative estimate of drug-likeness (QED) is 0.841. The Morgan fingerprint density at radius 1 is 1.38 bits per heavy atom. The van der Waals surface area contributed by atoms with E-state index in [1.807, 2.05) is 6.92 Å². The van der Waals surface area contributed by atoms with Gasteiger partial charge >= 0.3 is 0 Å². The second-order valence-electron chi connectivity index (χ2n) is 4.02. The number of carbonyl (C=O) groups excluding carboxylic acids is 1. The van der Waals surface area contributed by atoms with Crippen LogP contribution in [0.4, 0.5) is 5.69 Å². The molecule has 2 N–H and O–H groups in total. The summed E-state index contributed by atoms with van der Waals surface area (Å²) in [6.07, 6.45) is 0.363. The molecule has 0 aliphatic carbocycles. The van der Waals surface area contributed by atoms with Gasteiger partial charge in [0.05, 0.1) is 10.7 Å². The Kier molecular flexibility index (Phi) is 3.10. The van der Waals surface area contributed by atoms with Gasteiger partial charge in [-0.15, -0.1) is 0 Å². The Hall–Kier alpha value is -0.770. The first-order valence-corrected chi connectivity index (χ1v) is 5.76. The van der Waals surface area contributed by atoms with Crippen molar-refractivity contribution < 1.29 is 4.79 Å². The molecule has 16 heavy (non-hydrogen) atoms. The van der Waals surface area contributed by atoms with Crippen molar-refractivity contribution in [2.45, 2.75) is 19.4 Å². The Morgan fingerprint density at radius 2 is 2.06 bits per heavy atom. The van der Waals surface area contributed by atoms with Gasteiger partial charge in [-0.1, -0.05) is 23.2 Å². The molecule has 1 aromatic rings. The van der Waals surface area contributed by atoms with Gasteiger partial charge in [0.2, 0.25) is 5.91 Å². The number of nitrogens with zero attached hydrogens (tertiary/aromatic N) is 1. The molecule has 1 heterocycles. The van der Waals surface area contributed by atoms with Crippen LogP contribution in [0.1, 0.15) is 12.0 Å². The third-order valence-electron chi connectivity index (χ3n) is 2.67. The Labute approximate surface area is 104 Å². The van der Waals surface area contributed by atoms with E-state index in [2.05, 4.69) is 0 Å². The molecule has 0 spiro atoms. The van der Waals surface area contributed by atoms with E-state index in [9.17, 15) is 4.79 Å². The smallest absolute Gasteiger partial charge is 0.228 e. The van der Waals surface area contributed by atoms with E-state index >= 15 is 0 Å². The minimum Gasteiger partial charge on any atom is -0.326 e. The van der Waals surface area contributed by atoms with Crippen LogP contribution in [-0.4, -0.2) is 18.5 Å². The van der Waals surface area contributed by atoms with Gasteiger partial charge in [0.25, 0.3) is 0 Å². The molecule has 1 aromatic carbocycles. The standard InChI is InChI=1S/C11H12Cl2N2O/c1-6-2-9(13)10(4-8(6)12)15-5-7(14)3-11(15)16/h2,4,7H,3,5,14H2,1H3. The molecule has 1 aliphatic rings. The van der Waals surface area contributed by atoms with E-state index in [0.717, 1.165) is 5.56 Å². The Morgan fingerprint density at radius 3 is 2.62 bits per heavy atom. The molecule has 1 amide bonds. The topological polar surface area (TPSA) is 46.3 Å². The zero-order valence-electron chi connectivity index (χ0n) is 8.84. The van der Waals surface area contributed by atoms with Crippen molar-refractivity contribution in [3.8, 4) is 0 Å². The number of benzene rings is 1. The van der Waals surface area contributed by atoms with Crippen molar-refractivity contribution in [2.24, 2.45) is 5.73 Å². The van der Waals surface area contributed by atoms with Crippen molar-refractivity contribution in [1.29, 1.82) is 0 Å². The van der Waals surface area contributed by atoms with Crippen LogP contribution in [0.25, 0.3) is 0 Å². The number of halogens is 2. The first kappa shape index (κ1) is 11.7. The van der Waals surface area contributed by atoms with Crippen LogP contribution >= 0.6 is 23.2 Å². The second-order valence-corrected chi connectivity index (χ2v) is 4.84. The van der Waals surface area contributed by atoms with Crippen LogP contribution in [0.2, 0.25) is 10.0 Å². The van der Waals surface area contributed by atoms with Crippen LogP contribution in [0.3, 0.4) is 0 Å². The zero-order chi connectivity index (χ0) is 11.9. The molecule has 2 rings (SSSR count). The summed E-state index contributed by atoms with van der Waals surface area (Å²) >= 11 is 12.1. The molecule has 0 aromatic heterocycles. The average molecular weight is 259 g/mol. The normalized spacial score (nSPS) is 20.6. The van der Waals surface area contributed by atoms with Crippen molar-refractivity contribution in [2.75, 3.05) is 11.4 Å². The van der Waals surface area contributed by atoms with E-state index in [0.29, 0.717) is 28.7 Å². The third kappa shape index (κ3) is 2.03. The number of hydrogen-bond donors (Lipinski definition) is 1. The maximum absolute atomic E-state index is 11.7. The van der Waals surface area contributed by atoms with Crippen LogP contribution in [-0.2, 0) is 4.79 Å². The fraction of sp³-hybridized carbons (Fsp3) is 0.364. The first-order valence-electron chi connectivity index (χ1n) is 5.00. The van der Waals surface area contributed by atoms with Gasteiger partial charge in [0.1, 0.15) is 0 Å². The predicted octanol–water partition coefficient (Wildman–Crippen LogP) is 2.37. The van der Waals surface area contributed by atoms with E-state index in [-0.39, 0.29) is 11.9 Å².